The minimum atomic E-state index is -1.16. The molecular weight excluding hydrogens is 500 g/mol. The number of hydrogen-bond donors (Lipinski definition) is 3. The number of nitrogens with zero attached hydrogens (tertiary/aromatic N) is 4. The molecule has 6 rings (SSSR count). The van der Waals surface area contributed by atoms with Crippen molar-refractivity contribution in [2.45, 2.75) is 57.1 Å². The highest BCUT2D eigenvalue weighted by Crippen LogP contribution is 2.59. The Hall–Kier alpha value is -3.83. The summed E-state index contributed by atoms with van der Waals surface area (Å²) in [4.78, 5) is 43.1. The molecule has 2 aromatic carbocycles. The number of ether oxygens (including phenoxy) is 1. The summed E-state index contributed by atoms with van der Waals surface area (Å²) < 4.78 is 8.05. The summed E-state index contributed by atoms with van der Waals surface area (Å²) in [5.74, 6) is -2.73. The quantitative estimate of drug-likeness (QED) is 0.400. The van der Waals surface area contributed by atoms with Gasteiger partial charge in [-0.1, -0.05) is 49.4 Å². The minimum Gasteiger partial charge on any atom is -0.394 e. The standard InChI is InChI=1S/C28H32N6O5/c1-16(2)20(14-35)34-24(26(37)29-15-33-19-11-7-6-10-18(19)31-32-33)28-13-12-21(39-28)22(23(28)27(34)38)25(36)30-17-8-4-3-5-9-17/h3-11,16,20-24,35H,12-15H2,1-2H3,(H,29,37)(H,30,36)/t20-,21-,22+,23-,24?,28?/m0/s1. The molecule has 3 fully saturated rings. The molecule has 3 aromatic rings. The Kier molecular flexibility index (Phi) is 6.35. The van der Waals surface area contributed by atoms with Gasteiger partial charge in [-0.3, -0.25) is 14.4 Å². The van der Waals surface area contributed by atoms with E-state index in [1.807, 2.05) is 56.3 Å². The fraction of sp³-hybridized carbons (Fsp3) is 0.464. The number of anilines is 1. The Morgan fingerprint density at radius 1 is 1.13 bits per heavy atom. The van der Waals surface area contributed by atoms with Crippen molar-refractivity contribution in [3.63, 3.8) is 0 Å². The van der Waals surface area contributed by atoms with Crippen LogP contribution in [-0.2, 0) is 25.8 Å². The predicted molar refractivity (Wildman–Crippen MR) is 141 cm³/mol. The summed E-state index contributed by atoms with van der Waals surface area (Å²) in [5, 5.41) is 24.4. The van der Waals surface area contributed by atoms with Gasteiger partial charge in [0.25, 0.3) is 0 Å². The number of fused-ring (bicyclic) bond motifs is 2. The van der Waals surface area contributed by atoms with E-state index < -0.39 is 41.5 Å². The van der Waals surface area contributed by atoms with Crippen molar-refractivity contribution in [1.82, 2.24) is 25.2 Å². The van der Waals surface area contributed by atoms with Gasteiger partial charge >= 0.3 is 0 Å². The molecule has 3 aliphatic heterocycles. The lowest BCUT2D eigenvalue weighted by Crippen LogP contribution is -2.59. The number of benzene rings is 2. The van der Waals surface area contributed by atoms with Crippen molar-refractivity contribution in [2.75, 3.05) is 11.9 Å². The molecule has 0 saturated carbocycles. The van der Waals surface area contributed by atoms with Crippen LogP contribution in [0.2, 0.25) is 0 Å². The van der Waals surface area contributed by atoms with Gasteiger partial charge in [-0.15, -0.1) is 5.10 Å². The van der Waals surface area contributed by atoms with E-state index >= 15 is 0 Å². The number of amides is 3. The van der Waals surface area contributed by atoms with Crippen molar-refractivity contribution in [2.24, 2.45) is 17.8 Å². The average Bonchev–Trinajstić information content (AvgIpc) is 3.68. The van der Waals surface area contributed by atoms with Crippen LogP contribution in [0.3, 0.4) is 0 Å². The molecule has 3 aliphatic rings. The molecule has 11 nitrogen and oxygen atoms in total. The van der Waals surface area contributed by atoms with Crippen LogP contribution in [0.4, 0.5) is 5.69 Å². The number of aliphatic hydroxyl groups excluding tert-OH is 1. The van der Waals surface area contributed by atoms with Gasteiger partial charge in [0.1, 0.15) is 23.8 Å². The van der Waals surface area contributed by atoms with Crippen LogP contribution in [0.1, 0.15) is 26.7 Å². The third kappa shape index (κ3) is 3.99. The number of hydrogen-bond acceptors (Lipinski definition) is 7. The van der Waals surface area contributed by atoms with E-state index in [9.17, 15) is 19.5 Å². The van der Waals surface area contributed by atoms with E-state index in [2.05, 4.69) is 20.9 Å². The van der Waals surface area contributed by atoms with Crippen LogP contribution in [0, 0.1) is 17.8 Å². The molecule has 0 radical (unpaired) electrons. The number of aromatic nitrogens is 3. The van der Waals surface area contributed by atoms with Crippen molar-refractivity contribution in [3.8, 4) is 0 Å². The van der Waals surface area contributed by atoms with Crippen LogP contribution in [0.5, 0.6) is 0 Å². The first kappa shape index (κ1) is 25.4. The van der Waals surface area contributed by atoms with Crippen LogP contribution in [-0.4, -0.2) is 73.1 Å². The predicted octanol–water partition coefficient (Wildman–Crippen LogP) is 1.54. The van der Waals surface area contributed by atoms with E-state index in [0.717, 1.165) is 5.52 Å². The van der Waals surface area contributed by atoms with Gasteiger partial charge in [-0.2, -0.15) is 0 Å². The number of para-hydroxylation sites is 2. The molecular formula is C28H32N6O5. The lowest BCUT2D eigenvalue weighted by atomic mass is 9.70. The number of carbonyl (C=O) groups is 3. The van der Waals surface area contributed by atoms with Gasteiger partial charge in [-0.25, -0.2) is 4.68 Å². The second-order valence-corrected chi connectivity index (χ2v) is 10.9. The Morgan fingerprint density at radius 3 is 2.62 bits per heavy atom. The zero-order valence-electron chi connectivity index (χ0n) is 21.9. The Labute approximate surface area is 225 Å². The molecule has 39 heavy (non-hydrogen) atoms. The maximum atomic E-state index is 14.1. The first-order valence-corrected chi connectivity index (χ1v) is 13.4. The highest BCUT2D eigenvalue weighted by atomic mass is 16.5. The molecule has 11 heteroatoms. The summed E-state index contributed by atoms with van der Waals surface area (Å²) in [6, 6.07) is 14.9. The zero-order valence-corrected chi connectivity index (χ0v) is 21.9. The number of nitrogens with one attached hydrogen (secondary N) is 2. The molecule has 3 amide bonds. The van der Waals surface area contributed by atoms with Crippen LogP contribution < -0.4 is 10.6 Å². The van der Waals surface area contributed by atoms with Crippen LogP contribution in [0.25, 0.3) is 11.0 Å². The van der Waals surface area contributed by atoms with E-state index in [0.29, 0.717) is 24.0 Å². The molecule has 2 bridgehead atoms. The monoisotopic (exact) mass is 532 g/mol. The molecule has 204 valence electrons. The number of rotatable bonds is 8. The van der Waals surface area contributed by atoms with Crippen LogP contribution >= 0.6 is 0 Å². The van der Waals surface area contributed by atoms with Gasteiger partial charge < -0.3 is 25.4 Å². The number of carbonyl (C=O) groups excluding carboxylic acids is 3. The molecule has 3 N–H and O–H groups in total. The van der Waals surface area contributed by atoms with E-state index in [-0.39, 0.29) is 31.0 Å². The first-order chi connectivity index (χ1) is 18.9. The largest absolute Gasteiger partial charge is 0.394 e. The fourth-order valence-corrected chi connectivity index (χ4v) is 6.70. The van der Waals surface area contributed by atoms with Crippen molar-refractivity contribution in [3.05, 3.63) is 54.6 Å². The number of aliphatic hydroxyl groups is 1. The number of likely N-dealkylation sites (tertiary alicyclic amines) is 1. The molecule has 3 saturated heterocycles. The van der Waals surface area contributed by atoms with Gasteiger partial charge in [-0.05, 0) is 43.0 Å². The first-order valence-electron chi connectivity index (χ1n) is 13.4. The van der Waals surface area contributed by atoms with Crippen molar-refractivity contribution >= 4 is 34.4 Å². The summed E-state index contributed by atoms with van der Waals surface area (Å²) in [6.07, 6.45) is 0.569. The second-order valence-electron chi connectivity index (χ2n) is 10.9. The highest BCUT2D eigenvalue weighted by molar-refractivity contribution is 6.02. The SMILES string of the molecule is CC(C)[C@H](CO)N1C(=O)[C@@H]2[C@H](C(=O)Nc3ccccc3)[C@@H]3CCC2(O3)C1C(=O)NCn1nnc2ccccc21. The maximum absolute atomic E-state index is 14.1. The topological polar surface area (TPSA) is 139 Å². The molecule has 1 spiro atoms. The maximum Gasteiger partial charge on any atom is 0.247 e. The minimum absolute atomic E-state index is 0.0471. The van der Waals surface area contributed by atoms with E-state index in [1.165, 1.54) is 4.90 Å². The van der Waals surface area contributed by atoms with Gasteiger partial charge in [0.05, 0.1) is 36.1 Å². The van der Waals surface area contributed by atoms with E-state index in [1.54, 1.807) is 16.8 Å². The van der Waals surface area contributed by atoms with E-state index in [4.69, 9.17) is 4.74 Å². The average molecular weight is 533 g/mol. The van der Waals surface area contributed by atoms with Crippen molar-refractivity contribution < 1.29 is 24.2 Å². The molecule has 4 heterocycles. The third-order valence-corrected chi connectivity index (χ3v) is 8.47. The lowest BCUT2D eigenvalue weighted by molar-refractivity contribution is -0.146. The fourth-order valence-electron chi connectivity index (χ4n) is 6.70. The summed E-state index contributed by atoms with van der Waals surface area (Å²) in [6.45, 7) is 3.53. The Balaban J connectivity index is 1.32. The molecule has 6 atom stereocenters. The normalized spacial score (nSPS) is 28.2. The van der Waals surface area contributed by atoms with Gasteiger partial charge in [0.2, 0.25) is 17.7 Å². The second kappa shape index (κ2) is 9.73. The molecule has 2 unspecified atom stereocenters. The molecule has 1 aromatic heterocycles. The van der Waals surface area contributed by atoms with Gasteiger partial charge in [0, 0.05) is 5.69 Å². The van der Waals surface area contributed by atoms with Gasteiger partial charge in [0.15, 0.2) is 0 Å². The smallest absolute Gasteiger partial charge is 0.247 e. The Morgan fingerprint density at radius 2 is 1.87 bits per heavy atom. The third-order valence-electron chi connectivity index (χ3n) is 8.47. The van der Waals surface area contributed by atoms with Crippen LogP contribution in [0.15, 0.2) is 54.6 Å². The lowest BCUT2D eigenvalue weighted by Gasteiger charge is -2.38. The zero-order chi connectivity index (χ0) is 27.3. The Bertz CT molecular complexity index is 1410. The summed E-state index contributed by atoms with van der Waals surface area (Å²) in [5.41, 5.74) is 0.941. The summed E-state index contributed by atoms with van der Waals surface area (Å²) in [7, 11) is 0. The highest BCUT2D eigenvalue weighted by Gasteiger charge is 2.75. The van der Waals surface area contributed by atoms with Crippen molar-refractivity contribution in [1.29, 1.82) is 0 Å². The molecule has 0 aliphatic carbocycles. The summed E-state index contributed by atoms with van der Waals surface area (Å²) >= 11 is 0.